The summed E-state index contributed by atoms with van der Waals surface area (Å²) in [6, 6.07) is 0. The minimum Gasteiger partial charge on any atom is -0.396 e. The maximum atomic E-state index is 9.38. The lowest BCUT2D eigenvalue weighted by Crippen LogP contribution is -2.48. The van der Waals surface area contributed by atoms with Gasteiger partial charge in [-0.15, -0.1) is 0 Å². The Kier molecular flexibility index (Phi) is 3.33. The molecule has 1 aliphatic rings. The summed E-state index contributed by atoms with van der Waals surface area (Å²) in [4.78, 5) is 0. The predicted molar refractivity (Wildman–Crippen MR) is 52.4 cm³/mol. The van der Waals surface area contributed by atoms with Gasteiger partial charge in [0.25, 0.3) is 0 Å². The van der Waals surface area contributed by atoms with Gasteiger partial charge in [-0.25, -0.2) is 0 Å². The lowest BCUT2D eigenvalue weighted by Gasteiger charge is -2.47. The van der Waals surface area contributed by atoms with Crippen LogP contribution in [0.2, 0.25) is 0 Å². The highest BCUT2D eigenvalue weighted by Gasteiger charge is 2.43. The van der Waals surface area contributed by atoms with Crippen LogP contribution in [0, 0.1) is 10.8 Å². The molecule has 0 spiro atoms. The third-order valence-electron chi connectivity index (χ3n) is 3.85. The molecule has 0 amide bonds. The number of aliphatic hydroxyl groups is 1. The minimum absolute atomic E-state index is 0.134. The summed E-state index contributed by atoms with van der Waals surface area (Å²) in [5, 5.41) is 9.38. The van der Waals surface area contributed by atoms with Gasteiger partial charge in [-0.05, 0) is 18.3 Å². The zero-order chi connectivity index (χ0) is 9.95. The Hall–Kier alpha value is -0.120. The van der Waals surface area contributed by atoms with Crippen molar-refractivity contribution in [2.24, 2.45) is 16.6 Å². The van der Waals surface area contributed by atoms with Crippen molar-refractivity contribution in [3.8, 4) is 0 Å². The maximum Gasteiger partial charge on any atom is 0.0502 e. The standard InChI is InChI=1S/C10H21NO2/c1-9(3-5-13-6-4-9)10(2,7-11)8-12/h12H,3-8,11H2,1-2H3. The van der Waals surface area contributed by atoms with Gasteiger partial charge < -0.3 is 15.6 Å². The van der Waals surface area contributed by atoms with E-state index in [2.05, 4.69) is 13.8 Å². The fourth-order valence-electron chi connectivity index (χ4n) is 1.93. The molecular weight excluding hydrogens is 166 g/mol. The van der Waals surface area contributed by atoms with Gasteiger partial charge in [-0.2, -0.15) is 0 Å². The van der Waals surface area contributed by atoms with E-state index in [1.54, 1.807) is 0 Å². The average Bonchev–Trinajstić information content (AvgIpc) is 2.17. The zero-order valence-corrected chi connectivity index (χ0v) is 8.68. The van der Waals surface area contributed by atoms with E-state index in [9.17, 15) is 5.11 Å². The molecule has 1 atom stereocenters. The molecule has 0 aromatic carbocycles. The minimum atomic E-state index is -0.156. The summed E-state index contributed by atoms with van der Waals surface area (Å²) in [6.07, 6.45) is 2.00. The first-order valence-electron chi connectivity index (χ1n) is 4.97. The second-order valence-corrected chi connectivity index (χ2v) is 4.60. The van der Waals surface area contributed by atoms with Crippen LogP contribution in [0.1, 0.15) is 26.7 Å². The van der Waals surface area contributed by atoms with E-state index in [0.29, 0.717) is 6.54 Å². The molecule has 3 nitrogen and oxygen atoms in total. The highest BCUT2D eigenvalue weighted by Crippen LogP contribution is 2.45. The second-order valence-electron chi connectivity index (χ2n) is 4.60. The van der Waals surface area contributed by atoms with E-state index < -0.39 is 0 Å². The molecule has 3 N–H and O–H groups in total. The molecule has 0 radical (unpaired) electrons. The zero-order valence-electron chi connectivity index (χ0n) is 8.68. The number of hydrogen-bond acceptors (Lipinski definition) is 3. The molecule has 0 bridgehead atoms. The normalized spacial score (nSPS) is 26.8. The monoisotopic (exact) mass is 187 g/mol. The lowest BCUT2D eigenvalue weighted by molar-refractivity contribution is -0.0674. The van der Waals surface area contributed by atoms with Crippen molar-refractivity contribution < 1.29 is 9.84 Å². The Morgan fingerprint density at radius 3 is 2.38 bits per heavy atom. The third-order valence-corrected chi connectivity index (χ3v) is 3.85. The van der Waals surface area contributed by atoms with Crippen LogP contribution in [0.15, 0.2) is 0 Å². The number of rotatable bonds is 3. The van der Waals surface area contributed by atoms with Crippen LogP contribution in [0.4, 0.5) is 0 Å². The van der Waals surface area contributed by atoms with Crippen molar-refractivity contribution in [3.63, 3.8) is 0 Å². The van der Waals surface area contributed by atoms with E-state index in [1.165, 1.54) is 0 Å². The van der Waals surface area contributed by atoms with Crippen molar-refractivity contribution >= 4 is 0 Å². The van der Waals surface area contributed by atoms with Gasteiger partial charge >= 0.3 is 0 Å². The molecule has 1 aliphatic heterocycles. The smallest absolute Gasteiger partial charge is 0.0502 e. The highest BCUT2D eigenvalue weighted by atomic mass is 16.5. The van der Waals surface area contributed by atoms with E-state index in [-0.39, 0.29) is 17.4 Å². The number of nitrogens with two attached hydrogens (primary N) is 1. The van der Waals surface area contributed by atoms with E-state index in [4.69, 9.17) is 10.5 Å². The molecular formula is C10H21NO2. The van der Waals surface area contributed by atoms with Gasteiger partial charge in [0.2, 0.25) is 0 Å². The molecule has 78 valence electrons. The summed E-state index contributed by atoms with van der Waals surface area (Å²) >= 11 is 0. The van der Waals surface area contributed by atoms with Gasteiger partial charge in [0.1, 0.15) is 0 Å². The summed E-state index contributed by atoms with van der Waals surface area (Å²) in [5.74, 6) is 0. The maximum absolute atomic E-state index is 9.38. The first kappa shape index (κ1) is 11.0. The summed E-state index contributed by atoms with van der Waals surface area (Å²) in [5.41, 5.74) is 5.71. The van der Waals surface area contributed by atoms with Crippen molar-refractivity contribution in [1.29, 1.82) is 0 Å². The SMILES string of the molecule is CC(CN)(CO)C1(C)CCOCC1. The predicted octanol–water partition coefficient (Wildman–Crippen LogP) is 0.760. The van der Waals surface area contributed by atoms with Crippen LogP contribution in [0.25, 0.3) is 0 Å². The first-order chi connectivity index (χ1) is 6.08. The van der Waals surface area contributed by atoms with Crippen LogP contribution < -0.4 is 5.73 Å². The fraction of sp³-hybridized carbons (Fsp3) is 1.00. The van der Waals surface area contributed by atoms with Gasteiger partial charge in [-0.3, -0.25) is 0 Å². The Morgan fingerprint density at radius 2 is 2.00 bits per heavy atom. The van der Waals surface area contributed by atoms with Crippen LogP contribution in [0.3, 0.4) is 0 Å². The van der Waals surface area contributed by atoms with Gasteiger partial charge in [-0.1, -0.05) is 13.8 Å². The van der Waals surface area contributed by atoms with Crippen LogP contribution in [-0.4, -0.2) is 31.5 Å². The van der Waals surface area contributed by atoms with Crippen LogP contribution in [0.5, 0.6) is 0 Å². The molecule has 0 aromatic rings. The molecule has 1 rings (SSSR count). The molecule has 1 unspecified atom stereocenters. The van der Waals surface area contributed by atoms with Crippen molar-refractivity contribution in [3.05, 3.63) is 0 Å². The molecule has 1 saturated heterocycles. The van der Waals surface area contributed by atoms with Gasteiger partial charge in [0.05, 0.1) is 6.61 Å². The van der Waals surface area contributed by atoms with E-state index in [1.807, 2.05) is 0 Å². The Labute approximate surface area is 80.3 Å². The van der Waals surface area contributed by atoms with Crippen LogP contribution in [-0.2, 0) is 4.74 Å². The van der Waals surface area contributed by atoms with Gasteiger partial charge in [0.15, 0.2) is 0 Å². The molecule has 13 heavy (non-hydrogen) atoms. The summed E-state index contributed by atoms with van der Waals surface area (Å²) in [7, 11) is 0. The fourth-order valence-corrected chi connectivity index (χ4v) is 1.93. The second kappa shape index (κ2) is 3.95. The Bertz CT molecular complexity index is 160. The Morgan fingerprint density at radius 1 is 1.46 bits per heavy atom. The third kappa shape index (κ3) is 1.87. The first-order valence-corrected chi connectivity index (χ1v) is 4.97. The molecule has 0 aromatic heterocycles. The molecule has 3 heteroatoms. The average molecular weight is 187 g/mol. The number of aliphatic hydroxyl groups excluding tert-OH is 1. The summed E-state index contributed by atoms with van der Waals surface area (Å²) in [6.45, 7) is 6.58. The molecule has 1 heterocycles. The number of ether oxygens (including phenoxy) is 1. The van der Waals surface area contributed by atoms with E-state index >= 15 is 0 Å². The highest BCUT2D eigenvalue weighted by molar-refractivity contribution is 4.94. The molecule has 0 aliphatic carbocycles. The largest absolute Gasteiger partial charge is 0.396 e. The topological polar surface area (TPSA) is 55.5 Å². The van der Waals surface area contributed by atoms with Crippen LogP contribution >= 0.6 is 0 Å². The quantitative estimate of drug-likeness (QED) is 0.686. The molecule has 1 fully saturated rings. The van der Waals surface area contributed by atoms with Crippen molar-refractivity contribution in [1.82, 2.24) is 0 Å². The van der Waals surface area contributed by atoms with Crippen molar-refractivity contribution in [2.45, 2.75) is 26.7 Å². The summed E-state index contributed by atoms with van der Waals surface area (Å²) < 4.78 is 5.33. The lowest BCUT2D eigenvalue weighted by atomic mass is 9.62. The van der Waals surface area contributed by atoms with Crippen molar-refractivity contribution in [2.75, 3.05) is 26.4 Å². The molecule has 0 saturated carbocycles. The van der Waals surface area contributed by atoms with E-state index in [0.717, 1.165) is 26.1 Å². The Balaban J connectivity index is 2.74. The number of hydrogen-bond donors (Lipinski definition) is 2. The van der Waals surface area contributed by atoms with Gasteiger partial charge in [0, 0.05) is 25.2 Å².